The van der Waals surface area contributed by atoms with Crippen molar-refractivity contribution < 1.29 is 9.15 Å². The molecule has 17 heavy (non-hydrogen) atoms. The zero-order valence-electron chi connectivity index (χ0n) is 9.85. The van der Waals surface area contributed by atoms with Crippen molar-refractivity contribution in [1.29, 1.82) is 0 Å². The number of hydrogen-bond acceptors (Lipinski definition) is 3. The predicted molar refractivity (Wildman–Crippen MR) is 65.1 cm³/mol. The molecule has 3 nitrogen and oxygen atoms in total. The normalized spacial score (nSPS) is 15.6. The van der Waals surface area contributed by atoms with Crippen molar-refractivity contribution in [1.82, 2.24) is 4.98 Å². The Kier molecular flexibility index (Phi) is 2.59. The van der Waals surface area contributed by atoms with Crippen LogP contribution in [-0.4, -0.2) is 12.1 Å². The average molecular weight is 229 g/mol. The van der Waals surface area contributed by atoms with E-state index in [9.17, 15) is 0 Å². The van der Waals surface area contributed by atoms with E-state index >= 15 is 0 Å². The van der Waals surface area contributed by atoms with Crippen LogP contribution in [0.3, 0.4) is 0 Å². The van der Waals surface area contributed by atoms with Crippen LogP contribution in [-0.2, 0) is 0 Å². The molecule has 0 spiro atoms. The standard InChI is InChI=1S/C14H15NO2/c1-16-12-7-5-10(6-8-12)13-9-15-14(17-13)11-3-2-4-11/h5-9,11H,2-4H2,1H3. The summed E-state index contributed by atoms with van der Waals surface area (Å²) < 4.78 is 10.9. The fourth-order valence-corrected chi connectivity index (χ4v) is 2.02. The highest BCUT2D eigenvalue weighted by atomic mass is 16.5. The molecular weight excluding hydrogens is 214 g/mol. The highest BCUT2D eigenvalue weighted by molar-refractivity contribution is 5.57. The molecule has 0 amide bonds. The number of nitrogens with zero attached hydrogens (tertiary/aromatic N) is 1. The summed E-state index contributed by atoms with van der Waals surface area (Å²) in [6.45, 7) is 0. The van der Waals surface area contributed by atoms with Crippen LogP contribution in [0.5, 0.6) is 5.75 Å². The Morgan fingerprint density at radius 3 is 2.59 bits per heavy atom. The van der Waals surface area contributed by atoms with Crippen LogP contribution in [0.15, 0.2) is 34.9 Å². The van der Waals surface area contributed by atoms with E-state index in [4.69, 9.17) is 9.15 Å². The maximum Gasteiger partial charge on any atom is 0.198 e. The van der Waals surface area contributed by atoms with Crippen molar-refractivity contribution in [2.75, 3.05) is 7.11 Å². The Morgan fingerprint density at radius 2 is 2.00 bits per heavy atom. The van der Waals surface area contributed by atoms with Crippen molar-refractivity contribution >= 4 is 0 Å². The van der Waals surface area contributed by atoms with Crippen LogP contribution in [0.4, 0.5) is 0 Å². The maximum atomic E-state index is 5.80. The molecule has 0 atom stereocenters. The maximum absolute atomic E-state index is 5.80. The smallest absolute Gasteiger partial charge is 0.198 e. The lowest BCUT2D eigenvalue weighted by Gasteiger charge is -2.21. The van der Waals surface area contributed by atoms with Gasteiger partial charge in [-0.1, -0.05) is 6.42 Å². The van der Waals surface area contributed by atoms with Gasteiger partial charge in [0.25, 0.3) is 0 Å². The van der Waals surface area contributed by atoms with Gasteiger partial charge in [0.15, 0.2) is 11.7 Å². The minimum absolute atomic E-state index is 0.544. The van der Waals surface area contributed by atoms with Crippen molar-refractivity contribution in [2.24, 2.45) is 0 Å². The molecule has 1 aromatic heterocycles. The van der Waals surface area contributed by atoms with Crippen LogP contribution in [0, 0.1) is 0 Å². The van der Waals surface area contributed by atoms with Gasteiger partial charge in [-0.3, -0.25) is 0 Å². The van der Waals surface area contributed by atoms with E-state index in [-0.39, 0.29) is 0 Å². The largest absolute Gasteiger partial charge is 0.497 e. The molecule has 0 N–H and O–H groups in total. The van der Waals surface area contributed by atoms with Crippen molar-refractivity contribution in [2.45, 2.75) is 25.2 Å². The van der Waals surface area contributed by atoms with E-state index in [0.29, 0.717) is 5.92 Å². The fourth-order valence-electron chi connectivity index (χ4n) is 2.02. The first kappa shape index (κ1) is 10.4. The minimum atomic E-state index is 0.544. The summed E-state index contributed by atoms with van der Waals surface area (Å²) in [6, 6.07) is 7.84. The van der Waals surface area contributed by atoms with E-state index in [0.717, 1.165) is 23.0 Å². The van der Waals surface area contributed by atoms with Crippen LogP contribution in [0.2, 0.25) is 0 Å². The Labute approximate surface area is 100 Å². The molecule has 88 valence electrons. The predicted octanol–water partition coefficient (Wildman–Crippen LogP) is 3.62. The monoisotopic (exact) mass is 229 g/mol. The number of oxazole rings is 1. The highest BCUT2D eigenvalue weighted by Gasteiger charge is 2.24. The molecule has 1 aliphatic rings. The molecule has 1 aliphatic carbocycles. The summed E-state index contributed by atoms with van der Waals surface area (Å²) in [7, 11) is 1.66. The third kappa shape index (κ3) is 1.93. The Balaban J connectivity index is 1.84. The summed E-state index contributed by atoms with van der Waals surface area (Å²) in [5.41, 5.74) is 1.05. The Bertz CT molecular complexity index is 497. The summed E-state index contributed by atoms with van der Waals surface area (Å²) in [6.07, 6.45) is 5.53. The number of aromatic nitrogens is 1. The van der Waals surface area contributed by atoms with Gasteiger partial charge in [0, 0.05) is 11.5 Å². The molecule has 3 rings (SSSR count). The highest BCUT2D eigenvalue weighted by Crippen LogP contribution is 2.37. The zero-order chi connectivity index (χ0) is 11.7. The van der Waals surface area contributed by atoms with Crippen molar-refractivity contribution in [3.05, 3.63) is 36.4 Å². The molecule has 3 heteroatoms. The third-order valence-corrected chi connectivity index (χ3v) is 3.35. The number of benzene rings is 1. The van der Waals surface area contributed by atoms with Gasteiger partial charge in [0.2, 0.25) is 0 Å². The van der Waals surface area contributed by atoms with E-state index in [1.165, 1.54) is 19.3 Å². The van der Waals surface area contributed by atoms with Crippen LogP contribution < -0.4 is 4.74 Å². The first-order valence-corrected chi connectivity index (χ1v) is 5.97. The molecule has 0 aliphatic heterocycles. The molecule has 0 radical (unpaired) electrons. The molecule has 0 unspecified atom stereocenters. The summed E-state index contributed by atoms with van der Waals surface area (Å²) in [4.78, 5) is 4.36. The molecule has 1 saturated carbocycles. The second-order valence-electron chi connectivity index (χ2n) is 4.42. The minimum Gasteiger partial charge on any atom is -0.497 e. The quantitative estimate of drug-likeness (QED) is 0.806. The Hall–Kier alpha value is -1.77. The van der Waals surface area contributed by atoms with E-state index in [1.807, 2.05) is 30.5 Å². The van der Waals surface area contributed by atoms with Crippen LogP contribution in [0.25, 0.3) is 11.3 Å². The Morgan fingerprint density at radius 1 is 1.24 bits per heavy atom. The molecule has 2 aromatic rings. The molecule has 1 fully saturated rings. The van der Waals surface area contributed by atoms with Gasteiger partial charge in [-0.05, 0) is 37.1 Å². The summed E-state index contributed by atoms with van der Waals surface area (Å²) >= 11 is 0. The zero-order valence-corrected chi connectivity index (χ0v) is 9.85. The number of methoxy groups -OCH3 is 1. The molecular formula is C14H15NO2. The number of rotatable bonds is 3. The second kappa shape index (κ2) is 4.24. The average Bonchev–Trinajstić information content (AvgIpc) is 2.76. The number of hydrogen-bond donors (Lipinski definition) is 0. The van der Waals surface area contributed by atoms with Gasteiger partial charge in [-0.15, -0.1) is 0 Å². The van der Waals surface area contributed by atoms with Gasteiger partial charge in [0.05, 0.1) is 13.3 Å². The first-order chi connectivity index (χ1) is 8.36. The van der Waals surface area contributed by atoms with Crippen molar-refractivity contribution in [3.8, 4) is 17.1 Å². The SMILES string of the molecule is COc1ccc(-c2cnc(C3CCC3)o2)cc1. The molecule has 1 heterocycles. The third-order valence-electron chi connectivity index (χ3n) is 3.35. The lowest BCUT2D eigenvalue weighted by molar-refractivity contribution is 0.338. The first-order valence-electron chi connectivity index (χ1n) is 5.97. The summed E-state index contributed by atoms with van der Waals surface area (Å²) in [5, 5.41) is 0. The van der Waals surface area contributed by atoms with Crippen LogP contribution in [0.1, 0.15) is 31.1 Å². The fraction of sp³-hybridized carbons (Fsp3) is 0.357. The van der Waals surface area contributed by atoms with Crippen LogP contribution >= 0.6 is 0 Å². The lowest BCUT2D eigenvalue weighted by atomic mass is 9.85. The number of ether oxygens (including phenoxy) is 1. The van der Waals surface area contributed by atoms with Gasteiger partial charge >= 0.3 is 0 Å². The second-order valence-corrected chi connectivity index (χ2v) is 4.42. The van der Waals surface area contributed by atoms with Gasteiger partial charge in [-0.2, -0.15) is 0 Å². The lowest BCUT2D eigenvalue weighted by Crippen LogP contribution is -2.08. The van der Waals surface area contributed by atoms with Crippen molar-refractivity contribution in [3.63, 3.8) is 0 Å². The van der Waals surface area contributed by atoms with Gasteiger partial charge in [-0.25, -0.2) is 4.98 Å². The summed E-state index contributed by atoms with van der Waals surface area (Å²) in [5.74, 6) is 3.13. The molecule has 0 saturated heterocycles. The molecule has 0 bridgehead atoms. The van der Waals surface area contributed by atoms with Gasteiger partial charge in [0.1, 0.15) is 5.75 Å². The topological polar surface area (TPSA) is 35.3 Å². The molecule has 1 aromatic carbocycles. The van der Waals surface area contributed by atoms with E-state index in [1.54, 1.807) is 7.11 Å². The van der Waals surface area contributed by atoms with E-state index in [2.05, 4.69) is 4.98 Å². The van der Waals surface area contributed by atoms with Gasteiger partial charge < -0.3 is 9.15 Å². The van der Waals surface area contributed by atoms with E-state index < -0.39 is 0 Å².